The van der Waals surface area contributed by atoms with Gasteiger partial charge in [-0.2, -0.15) is 0 Å². The summed E-state index contributed by atoms with van der Waals surface area (Å²) in [6, 6.07) is 0. The number of aliphatic hydroxyl groups is 2. The number of ether oxygens (including phenoxy) is 2. The molecule has 0 aromatic carbocycles. The van der Waals surface area contributed by atoms with Gasteiger partial charge < -0.3 is 29.5 Å². The molecule has 0 heterocycles. The van der Waals surface area contributed by atoms with Gasteiger partial charge in [0.2, 0.25) is 0 Å². The number of hydrogen-bond acceptors (Lipinski definition) is 9. The summed E-state index contributed by atoms with van der Waals surface area (Å²) in [5, 5.41) is 20.7. The zero-order chi connectivity index (χ0) is 44.3. The summed E-state index contributed by atoms with van der Waals surface area (Å²) in [4.78, 5) is 55.8. The van der Waals surface area contributed by atoms with Crippen LogP contribution in [0.5, 0.6) is 0 Å². The van der Waals surface area contributed by atoms with Crippen molar-refractivity contribution in [1.82, 2.24) is 0 Å². The van der Waals surface area contributed by atoms with Crippen LogP contribution in [0.25, 0.3) is 0 Å². The minimum atomic E-state index is -4.82. The van der Waals surface area contributed by atoms with Gasteiger partial charge in [0.15, 0.2) is 6.10 Å². The first-order valence-corrected chi connectivity index (χ1v) is 26.0. The van der Waals surface area contributed by atoms with Crippen molar-refractivity contribution in [3.05, 3.63) is 12.2 Å². The van der Waals surface area contributed by atoms with Crippen LogP contribution in [0.1, 0.15) is 226 Å². The largest absolute Gasteiger partial charge is 0.469 e. The third-order valence-corrected chi connectivity index (χ3v) is 12.7. The molecule has 60 heavy (non-hydrogen) atoms. The summed E-state index contributed by atoms with van der Waals surface area (Å²) in [6.07, 6.45) is 34.0. The van der Waals surface area contributed by atoms with Crippen molar-refractivity contribution in [2.45, 2.75) is 245 Å². The molecular formula is C48H89O11P. The summed E-state index contributed by atoms with van der Waals surface area (Å²) in [5.74, 6) is -0.695. The highest BCUT2D eigenvalue weighted by Crippen LogP contribution is 2.36. The lowest BCUT2D eigenvalue weighted by Crippen LogP contribution is -2.29. The quantitative estimate of drug-likeness (QED) is 0.0199. The van der Waals surface area contributed by atoms with E-state index < -0.39 is 44.7 Å². The van der Waals surface area contributed by atoms with Gasteiger partial charge in [-0.15, -0.1) is 0 Å². The van der Waals surface area contributed by atoms with Crippen molar-refractivity contribution < 1.29 is 52.9 Å². The number of unbranched alkanes of at least 4 members (excludes halogenated alkanes) is 22. The molecule has 1 fully saturated rings. The fourth-order valence-electron chi connectivity index (χ4n) is 8.13. The molecule has 1 rings (SSSR count). The monoisotopic (exact) mass is 873 g/mol. The molecule has 1 saturated carbocycles. The Hall–Kier alpha value is -1.62. The van der Waals surface area contributed by atoms with Crippen LogP contribution in [-0.2, 0) is 32.9 Å². The summed E-state index contributed by atoms with van der Waals surface area (Å²) in [7, 11) is -4.82. The molecule has 4 N–H and O–H groups in total. The molecule has 0 aromatic rings. The molecule has 0 spiro atoms. The minimum Gasteiger partial charge on any atom is -0.462 e. The van der Waals surface area contributed by atoms with Gasteiger partial charge in [-0.1, -0.05) is 193 Å². The number of phosphoric acid groups is 1. The van der Waals surface area contributed by atoms with Crippen LogP contribution >= 0.6 is 7.82 Å². The van der Waals surface area contributed by atoms with Gasteiger partial charge in [-0.3, -0.25) is 18.9 Å². The average molecular weight is 873 g/mol. The lowest BCUT2D eigenvalue weighted by molar-refractivity contribution is -0.161. The number of hydrogen-bond donors (Lipinski definition) is 4. The summed E-state index contributed by atoms with van der Waals surface area (Å²) in [6.45, 7) is 5.81. The maximum atomic E-state index is 12.6. The number of rotatable bonds is 41. The lowest BCUT2D eigenvalue weighted by atomic mass is 9.88. The van der Waals surface area contributed by atoms with Crippen molar-refractivity contribution in [3.63, 3.8) is 0 Å². The van der Waals surface area contributed by atoms with E-state index in [0.29, 0.717) is 32.1 Å². The topological polar surface area (TPSA) is 177 Å². The number of phosphoric ester groups is 1. The third-order valence-electron chi connectivity index (χ3n) is 12.2. The van der Waals surface area contributed by atoms with Crippen LogP contribution in [0.4, 0.5) is 0 Å². The summed E-state index contributed by atoms with van der Waals surface area (Å²) < 4.78 is 26.5. The Labute approximate surface area is 365 Å². The first-order valence-electron chi connectivity index (χ1n) is 24.5. The predicted molar refractivity (Wildman–Crippen MR) is 240 cm³/mol. The first-order chi connectivity index (χ1) is 28.9. The third kappa shape index (κ3) is 32.1. The molecule has 12 heteroatoms. The van der Waals surface area contributed by atoms with E-state index in [-0.39, 0.29) is 43.5 Å². The molecule has 1 aliphatic rings. The van der Waals surface area contributed by atoms with Gasteiger partial charge in [0.1, 0.15) is 12.4 Å². The highest BCUT2D eigenvalue weighted by molar-refractivity contribution is 7.46. The average Bonchev–Trinajstić information content (AvgIpc) is 3.48. The van der Waals surface area contributed by atoms with E-state index in [2.05, 4.69) is 25.3 Å². The summed E-state index contributed by atoms with van der Waals surface area (Å²) >= 11 is 0. The second kappa shape index (κ2) is 36.8. The zero-order valence-electron chi connectivity index (χ0n) is 38.3. The number of carbonyl (C=O) groups is 3. The van der Waals surface area contributed by atoms with Crippen LogP contribution in [0.2, 0.25) is 0 Å². The molecular weight excluding hydrogens is 783 g/mol. The predicted octanol–water partition coefficient (Wildman–Crippen LogP) is 11.8. The number of esters is 2. The van der Waals surface area contributed by atoms with Crippen LogP contribution in [0.15, 0.2) is 12.2 Å². The zero-order valence-corrected chi connectivity index (χ0v) is 39.1. The molecule has 0 aromatic heterocycles. The first kappa shape index (κ1) is 56.4. The fourth-order valence-corrected chi connectivity index (χ4v) is 8.49. The highest BCUT2D eigenvalue weighted by Gasteiger charge is 2.39. The smallest absolute Gasteiger partial charge is 0.462 e. The van der Waals surface area contributed by atoms with E-state index in [9.17, 15) is 29.2 Å². The van der Waals surface area contributed by atoms with Crippen molar-refractivity contribution in [2.24, 2.45) is 17.8 Å². The van der Waals surface area contributed by atoms with Gasteiger partial charge in [-0.25, -0.2) is 4.57 Å². The van der Waals surface area contributed by atoms with E-state index in [1.165, 1.54) is 103 Å². The Morgan fingerprint density at radius 3 is 1.70 bits per heavy atom. The molecule has 352 valence electrons. The Kier molecular flexibility index (Phi) is 34.6. The van der Waals surface area contributed by atoms with Crippen molar-refractivity contribution >= 4 is 25.5 Å². The summed E-state index contributed by atoms with van der Waals surface area (Å²) in [5.41, 5.74) is 0. The Morgan fingerprint density at radius 1 is 0.700 bits per heavy atom. The van der Waals surface area contributed by atoms with Crippen molar-refractivity contribution in [2.75, 3.05) is 13.2 Å². The molecule has 0 amide bonds. The molecule has 6 atom stereocenters. The second-order valence-corrected chi connectivity index (χ2v) is 19.1. The number of ketones is 1. The van der Waals surface area contributed by atoms with Crippen molar-refractivity contribution in [1.29, 1.82) is 0 Å². The second-order valence-electron chi connectivity index (χ2n) is 17.8. The van der Waals surface area contributed by atoms with Gasteiger partial charge >= 0.3 is 19.8 Å². The van der Waals surface area contributed by atoms with Crippen molar-refractivity contribution in [3.8, 4) is 0 Å². The SMILES string of the molecule is CCCCC[C@H](O)/C=C/[C@H]1[C@H](O)CC(=O)[C@@H]1CCCCCCC(=O)O[C@H](COC(=O)CCCCCCCCCCCCCCCCCCCCC(C)CC)COP(=O)(O)O. The standard InChI is InChI=1S/C48H89O11P/c1-4-6-25-31-41(49)35-36-44-43(45(50)37-46(44)51)32-27-23-24-29-34-48(53)59-42(39-58-60(54,55)56)38-57-47(52)33-28-22-20-18-16-14-12-10-8-7-9-11-13-15-17-19-21-26-30-40(3)5-2/h35-36,40-44,46,49,51H,4-34,37-39H2,1-3H3,(H2,54,55,56)/b36-35+/t40?,41-,42+,43+,44+,46+/m0/s1. The number of carbonyl (C=O) groups excluding carboxylic acids is 3. The highest BCUT2D eigenvalue weighted by atomic mass is 31.2. The van der Waals surface area contributed by atoms with E-state index in [0.717, 1.165) is 57.3 Å². The van der Waals surface area contributed by atoms with E-state index in [1.54, 1.807) is 12.2 Å². The molecule has 0 aliphatic heterocycles. The van der Waals surface area contributed by atoms with Crippen LogP contribution in [0.3, 0.4) is 0 Å². The molecule has 1 aliphatic carbocycles. The maximum Gasteiger partial charge on any atom is 0.469 e. The van der Waals surface area contributed by atoms with Gasteiger partial charge in [0, 0.05) is 31.1 Å². The van der Waals surface area contributed by atoms with Gasteiger partial charge in [0.25, 0.3) is 0 Å². The van der Waals surface area contributed by atoms with Crippen LogP contribution < -0.4 is 0 Å². The Balaban J connectivity index is 2.15. The van der Waals surface area contributed by atoms with Crippen LogP contribution in [0, 0.1) is 17.8 Å². The normalized spacial score (nSPS) is 18.6. The molecule has 0 radical (unpaired) electrons. The van der Waals surface area contributed by atoms with Gasteiger partial charge in [0.05, 0.1) is 18.8 Å². The molecule has 0 bridgehead atoms. The van der Waals surface area contributed by atoms with Gasteiger partial charge in [-0.05, 0) is 31.6 Å². The fraction of sp³-hybridized carbons (Fsp3) is 0.896. The van der Waals surface area contributed by atoms with E-state index >= 15 is 0 Å². The Bertz CT molecular complexity index is 1160. The maximum absolute atomic E-state index is 12.6. The minimum absolute atomic E-state index is 0.0382. The molecule has 1 unspecified atom stereocenters. The number of aliphatic hydroxyl groups excluding tert-OH is 2. The van der Waals surface area contributed by atoms with E-state index in [1.807, 2.05) is 0 Å². The van der Waals surface area contributed by atoms with E-state index in [4.69, 9.17) is 19.3 Å². The number of Topliss-reactive ketones (excluding diaryl/α,β-unsaturated/α-hetero) is 1. The van der Waals surface area contributed by atoms with Crippen LogP contribution in [-0.4, -0.2) is 69.2 Å². The lowest BCUT2D eigenvalue weighted by Gasteiger charge is -2.19. The molecule has 11 nitrogen and oxygen atoms in total. The Morgan fingerprint density at radius 2 is 1.18 bits per heavy atom. The molecule has 0 saturated heterocycles.